The summed E-state index contributed by atoms with van der Waals surface area (Å²) in [4.78, 5) is 12.3. The Bertz CT molecular complexity index is 506. The van der Waals surface area contributed by atoms with Crippen molar-refractivity contribution in [3.8, 4) is 5.75 Å². The molecule has 1 amide bonds. The van der Waals surface area contributed by atoms with Crippen molar-refractivity contribution < 1.29 is 9.53 Å². The van der Waals surface area contributed by atoms with E-state index in [0.717, 1.165) is 28.8 Å². The van der Waals surface area contributed by atoms with Crippen molar-refractivity contribution in [2.45, 2.75) is 31.3 Å². The summed E-state index contributed by atoms with van der Waals surface area (Å²) in [6.45, 7) is 0. The molecule has 19 heavy (non-hydrogen) atoms. The first-order valence-corrected chi connectivity index (χ1v) is 7.37. The van der Waals surface area contributed by atoms with Crippen molar-refractivity contribution >= 4 is 27.5 Å². The van der Waals surface area contributed by atoms with Crippen LogP contribution < -0.4 is 15.4 Å². The lowest BCUT2D eigenvalue weighted by molar-refractivity contribution is -0.120. The molecule has 2 aliphatic heterocycles. The summed E-state index contributed by atoms with van der Waals surface area (Å²) < 4.78 is 6.12. The number of amides is 1. The second-order valence-electron chi connectivity index (χ2n) is 5.23. The Kier molecular flexibility index (Phi) is 3.50. The summed E-state index contributed by atoms with van der Waals surface area (Å²) >= 11 is 3.40. The lowest BCUT2D eigenvalue weighted by atomic mass is 9.88. The largest absolute Gasteiger partial charge is 0.495 e. The molecule has 3 atom stereocenters. The quantitative estimate of drug-likeness (QED) is 0.898. The second kappa shape index (κ2) is 5.13. The fraction of sp³-hybridized carbons (Fsp3) is 0.500. The van der Waals surface area contributed by atoms with Gasteiger partial charge < -0.3 is 15.4 Å². The summed E-state index contributed by atoms with van der Waals surface area (Å²) in [6, 6.07) is 6.50. The number of methoxy groups -OCH3 is 1. The number of nitrogens with one attached hydrogen (secondary N) is 2. The van der Waals surface area contributed by atoms with Gasteiger partial charge in [0.15, 0.2) is 0 Å². The van der Waals surface area contributed by atoms with E-state index in [2.05, 4.69) is 26.6 Å². The number of halogens is 1. The van der Waals surface area contributed by atoms with Crippen LogP contribution in [-0.2, 0) is 4.79 Å². The highest BCUT2D eigenvalue weighted by Gasteiger charge is 2.42. The molecule has 2 fully saturated rings. The normalized spacial score (nSPS) is 28.4. The van der Waals surface area contributed by atoms with Gasteiger partial charge in [-0.2, -0.15) is 0 Å². The molecule has 1 aromatic carbocycles. The number of hydrogen-bond donors (Lipinski definition) is 2. The summed E-state index contributed by atoms with van der Waals surface area (Å²) in [5, 5.41) is 6.47. The molecule has 4 nitrogen and oxygen atoms in total. The van der Waals surface area contributed by atoms with E-state index in [4.69, 9.17) is 4.74 Å². The van der Waals surface area contributed by atoms with Crippen molar-refractivity contribution in [3.05, 3.63) is 22.7 Å². The molecule has 1 aromatic rings. The molecule has 0 aromatic heterocycles. The van der Waals surface area contributed by atoms with Gasteiger partial charge in [0, 0.05) is 23.8 Å². The molecular weight excluding hydrogens is 308 g/mol. The first-order valence-electron chi connectivity index (χ1n) is 6.58. The van der Waals surface area contributed by atoms with Crippen LogP contribution in [0.5, 0.6) is 5.75 Å². The first-order chi connectivity index (χ1) is 9.17. The van der Waals surface area contributed by atoms with Gasteiger partial charge in [0.05, 0.1) is 17.5 Å². The maximum Gasteiger partial charge on any atom is 0.229 e. The van der Waals surface area contributed by atoms with Crippen molar-refractivity contribution in [2.24, 2.45) is 5.92 Å². The average molecular weight is 325 g/mol. The minimum absolute atomic E-state index is 0.105. The molecule has 0 saturated carbocycles. The number of anilines is 1. The number of fused-ring (bicyclic) bond motifs is 2. The summed E-state index contributed by atoms with van der Waals surface area (Å²) in [5.41, 5.74) is 0.785. The highest BCUT2D eigenvalue weighted by Crippen LogP contribution is 2.34. The van der Waals surface area contributed by atoms with Gasteiger partial charge in [-0.15, -0.1) is 0 Å². The van der Waals surface area contributed by atoms with Crippen LogP contribution in [-0.4, -0.2) is 25.1 Å². The fourth-order valence-electron chi connectivity index (χ4n) is 3.09. The maximum absolute atomic E-state index is 12.3. The lowest BCUT2D eigenvalue weighted by Crippen LogP contribution is -2.32. The molecule has 3 rings (SSSR count). The minimum Gasteiger partial charge on any atom is -0.495 e. The number of carbonyl (C=O) groups excluding carboxylic acids is 1. The fourth-order valence-corrected chi connectivity index (χ4v) is 3.49. The molecule has 2 N–H and O–H groups in total. The summed E-state index contributed by atoms with van der Waals surface area (Å²) in [7, 11) is 1.62. The zero-order valence-corrected chi connectivity index (χ0v) is 12.4. The third-order valence-corrected chi connectivity index (χ3v) is 4.71. The van der Waals surface area contributed by atoms with E-state index in [1.807, 2.05) is 18.2 Å². The predicted molar refractivity (Wildman–Crippen MR) is 77.4 cm³/mol. The molecule has 0 radical (unpaired) electrons. The van der Waals surface area contributed by atoms with Crippen molar-refractivity contribution in [2.75, 3.05) is 12.4 Å². The van der Waals surface area contributed by atoms with Gasteiger partial charge in [-0.3, -0.25) is 4.79 Å². The molecule has 2 saturated heterocycles. The molecule has 102 valence electrons. The Hall–Kier alpha value is -1.07. The van der Waals surface area contributed by atoms with Crippen LogP contribution in [0.1, 0.15) is 19.3 Å². The van der Waals surface area contributed by atoms with E-state index < -0.39 is 0 Å². The zero-order valence-electron chi connectivity index (χ0n) is 10.8. The molecule has 2 bridgehead atoms. The monoisotopic (exact) mass is 324 g/mol. The van der Waals surface area contributed by atoms with Crippen LogP contribution in [0.2, 0.25) is 0 Å². The van der Waals surface area contributed by atoms with Gasteiger partial charge in [0.2, 0.25) is 5.91 Å². The third-order valence-electron chi connectivity index (χ3n) is 4.06. The SMILES string of the molecule is COc1cc(NC(=O)C2CC3CCC2N3)ccc1Br. The Morgan fingerprint density at radius 2 is 2.32 bits per heavy atom. The van der Waals surface area contributed by atoms with Gasteiger partial charge >= 0.3 is 0 Å². The van der Waals surface area contributed by atoms with Gasteiger partial charge in [-0.1, -0.05) is 0 Å². The maximum atomic E-state index is 12.3. The second-order valence-corrected chi connectivity index (χ2v) is 6.08. The van der Waals surface area contributed by atoms with Crippen molar-refractivity contribution in [1.82, 2.24) is 5.32 Å². The van der Waals surface area contributed by atoms with E-state index >= 15 is 0 Å². The highest BCUT2D eigenvalue weighted by atomic mass is 79.9. The van der Waals surface area contributed by atoms with Gasteiger partial charge in [0.1, 0.15) is 5.75 Å². The molecule has 0 spiro atoms. The Balaban J connectivity index is 1.69. The number of ether oxygens (including phenoxy) is 1. The van der Waals surface area contributed by atoms with Crippen LogP contribution >= 0.6 is 15.9 Å². The molecule has 5 heteroatoms. The third kappa shape index (κ3) is 2.49. The number of benzene rings is 1. The Morgan fingerprint density at radius 3 is 2.95 bits per heavy atom. The van der Waals surface area contributed by atoms with E-state index in [1.54, 1.807) is 7.11 Å². The highest BCUT2D eigenvalue weighted by molar-refractivity contribution is 9.10. The standard InChI is InChI=1S/C14H17BrN2O2/c1-19-13-7-9(2-4-11(13)15)17-14(18)10-6-8-3-5-12(10)16-8/h2,4,7-8,10,12,16H,3,5-6H2,1H3,(H,17,18). The molecular formula is C14H17BrN2O2. The van der Waals surface area contributed by atoms with Crippen LogP contribution in [0.25, 0.3) is 0 Å². The van der Waals surface area contributed by atoms with Crippen LogP contribution in [0.4, 0.5) is 5.69 Å². The Labute approximate surface area is 121 Å². The smallest absolute Gasteiger partial charge is 0.229 e. The van der Waals surface area contributed by atoms with Crippen molar-refractivity contribution in [3.63, 3.8) is 0 Å². The molecule has 2 heterocycles. The van der Waals surface area contributed by atoms with E-state index in [-0.39, 0.29) is 11.8 Å². The van der Waals surface area contributed by atoms with Gasteiger partial charge in [0.25, 0.3) is 0 Å². The minimum atomic E-state index is 0.105. The number of hydrogen-bond acceptors (Lipinski definition) is 3. The van der Waals surface area contributed by atoms with E-state index in [0.29, 0.717) is 12.1 Å². The van der Waals surface area contributed by atoms with Crippen LogP contribution in [0.3, 0.4) is 0 Å². The summed E-state index contributed by atoms with van der Waals surface area (Å²) in [5.74, 6) is 0.946. The first kappa shape index (κ1) is 12.9. The average Bonchev–Trinajstić information content (AvgIpc) is 3.03. The predicted octanol–water partition coefficient (Wildman–Crippen LogP) is 2.54. The topological polar surface area (TPSA) is 50.4 Å². The van der Waals surface area contributed by atoms with Crippen LogP contribution in [0, 0.1) is 5.92 Å². The van der Waals surface area contributed by atoms with Crippen LogP contribution in [0.15, 0.2) is 22.7 Å². The van der Waals surface area contributed by atoms with Crippen molar-refractivity contribution in [1.29, 1.82) is 0 Å². The van der Waals surface area contributed by atoms with E-state index in [1.165, 1.54) is 6.42 Å². The Morgan fingerprint density at radius 1 is 1.47 bits per heavy atom. The number of carbonyl (C=O) groups is 1. The van der Waals surface area contributed by atoms with Gasteiger partial charge in [-0.25, -0.2) is 0 Å². The lowest BCUT2D eigenvalue weighted by Gasteiger charge is -2.19. The summed E-state index contributed by atoms with van der Waals surface area (Å²) in [6.07, 6.45) is 3.29. The molecule has 0 aliphatic carbocycles. The molecule has 2 aliphatic rings. The van der Waals surface area contributed by atoms with Gasteiger partial charge in [-0.05, 0) is 47.3 Å². The van der Waals surface area contributed by atoms with E-state index in [9.17, 15) is 4.79 Å². The molecule has 3 unspecified atom stereocenters. The zero-order chi connectivity index (χ0) is 13.4. The number of rotatable bonds is 3.